The number of hydrogen-bond acceptors (Lipinski definition) is 6. The average molecular weight is 242 g/mol. The van der Waals surface area contributed by atoms with Crippen LogP contribution in [0, 0.1) is 0 Å². The molecule has 1 aromatic heterocycles. The molecule has 0 saturated carbocycles. The van der Waals surface area contributed by atoms with E-state index in [1.807, 2.05) is 6.92 Å². The Morgan fingerprint density at radius 1 is 1.50 bits per heavy atom. The topological polar surface area (TPSA) is 67.4 Å². The van der Waals surface area contributed by atoms with Gasteiger partial charge in [0.05, 0.1) is 13.2 Å². The van der Waals surface area contributed by atoms with Crippen molar-refractivity contribution < 1.29 is 9.53 Å². The fourth-order valence-electron chi connectivity index (χ4n) is 1.43. The lowest BCUT2D eigenvalue weighted by Gasteiger charge is -2.25. The molecule has 1 aromatic rings. The number of carbonyl (C=O) groups is 1. The largest absolute Gasteiger partial charge is 0.378 e. The van der Waals surface area contributed by atoms with E-state index in [0.29, 0.717) is 36.4 Å². The summed E-state index contributed by atoms with van der Waals surface area (Å²) in [6.07, 6.45) is 0. The molecule has 7 heteroatoms. The first kappa shape index (κ1) is 11.3. The summed E-state index contributed by atoms with van der Waals surface area (Å²) in [7, 11) is 0. The average Bonchev–Trinajstić information content (AvgIpc) is 2.78. The zero-order valence-corrected chi connectivity index (χ0v) is 9.92. The molecule has 0 aromatic carbocycles. The second-order valence-electron chi connectivity index (χ2n) is 3.35. The van der Waals surface area contributed by atoms with E-state index < -0.39 is 0 Å². The Morgan fingerprint density at radius 3 is 2.94 bits per heavy atom. The van der Waals surface area contributed by atoms with Gasteiger partial charge >= 0.3 is 0 Å². The van der Waals surface area contributed by atoms with Gasteiger partial charge in [0.1, 0.15) is 0 Å². The summed E-state index contributed by atoms with van der Waals surface area (Å²) in [4.78, 5) is 13.7. The van der Waals surface area contributed by atoms with Crippen LogP contribution in [0.2, 0.25) is 0 Å². The number of nitrogens with zero attached hydrogens (tertiary/aromatic N) is 3. The quantitative estimate of drug-likeness (QED) is 0.833. The maximum Gasteiger partial charge on any atom is 0.285 e. The van der Waals surface area contributed by atoms with Crippen molar-refractivity contribution in [1.82, 2.24) is 15.1 Å². The molecule has 2 rings (SSSR count). The summed E-state index contributed by atoms with van der Waals surface area (Å²) in [5, 5.41) is 12.0. The second-order valence-corrected chi connectivity index (χ2v) is 4.32. The van der Waals surface area contributed by atoms with Crippen LogP contribution in [0.4, 0.5) is 5.13 Å². The third-order valence-corrected chi connectivity index (χ3v) is 3.10. The SMILES string of the molecule is CCNc1nnc(C(=O)N2CCOCC2)s1. The van der Waals surface area contributed by atoms with E-state index in [1.165, 1.54) is 11.3 Å². The van der Waals surface area contributed by atoms with Crippen LogP contribution in [0.5, 0.6) is 0 Å². The Labute approximate surface area is 97.6 Å². The standard InChI is InChI=1S/C9H14N4O2S/c1-2-10-9-12-11-7(16-9)8(14)13-3-5-15-6-4-13/h2-6H2,1H3,(H,10,12). The number of nitrogens with one attached hydrogen (secondary N) is 1. The van der Waals surface area contributed by atoms with Crippen molar-refractivity contribution in [2.75, 3.05) is 38.2 Å². The molecule has 0 aliphatic carbocycles. The summed E-state index contributed by atoms with van der Waals surface area (Å²) in [5.41, 5.74) is 0. The number of carbonyl (C=O) groups excluding carboxylic acids is 1. The van der Waals surface area contributed by atoms with Crippen molar-refractivity contribution in [3.05, 3.63) is 5.01 Å². The molecule has 0 unspecified atom stereocenters. The molecule has 1 saturated heterocycles. The molecule has 0 atom stereocenters. The van der Waals surface area contributed by atoms with Gasteiger partial charge in [-0.2, -0.15) is 0 Å². The van der Waals surface area contributed by atoms with Gasteiger partial charge < -0.3 is 15.0 Å². The predicted octanol–water partition coefficient (Wildman–Crippen LogP) is 0.442. The molecular formula is C9H14N4O2S. The van der Waals surface area contributed by atoms with Gasteiger partial charge in [-0.3, -0.25) is 4.79 Å². The Morgan fingerprint density at radius 2 is 2.25 bits per heavy atom. The monoisotopic (exact) mass is 242 g/mol. The summed E-state index contributed by atoms with van der Waals surface area (Å²) in [5.74, 6) is -0.0510. The van der Waals surface area contributed by atoms with Crippen LogP contribution in [0.1, 0.15) is 16.7 Å². The van der Waals surface area contributed by atoms with Crippen LogP contribution >= 0.6 is 11.3 Å². The highest BCUT2D eigenvalue weighted by atomic mass is 32.1. The molecular weight excluding hydrogens is 228 g/mol. The van der Waals surface area contributed by atoms with E-state index >= 15 is 0 Å². The number of ether oxygens (including phenoxy) is 1. The Hall–Kier alpha value is -1.21. The van der Waals surface area contributed by atoms with E-state index in [1.54, 1.807) is 4.90 Å². The maximum absolute atomic E-state index is 12.0. The van der Waals surface area contributed by atoms with E-state index in [4.69, 9.17) is 4.74 Å². The van der Waals surface area contributed by atoms with Crippen LogP contribution in [0.25, 0.3) is 0 Å². The smallest absolute Gasteiger partial charge is 0.285 e. The van der Waals surface area contributed by atoms with Gasteiger partial charge in [0.2, 0.25) is 10.1 Å². The number of aromatic nitrogens is 2. The third kappa shape index (κ3) is 2.48. The molecule has 6 nitrogen and oxygen atoms in total. The highest BCUT2D eigenvalue weighted by molar-refractivity contribution is 7.17. The lowest BCUT2D eigenvalue weighted by molar-refractivity contribution is 0.0302. The summed E-state index contributed by atoms with van der Waals surface area (Å²) in [6, 6.07) is 0. The maximum atomic E-state index is 12.0. The molecule has 88 valence electrons. The van der Waals surface area contributed by atoms with E-state index in [2.05, 4.69) is 15.5 Å². The van der Waals surface area contributed by atoms with Gasteiger partial charge in [0.15, 0.2) is 0 Å². The summed E-state index contributed by atoms with van der Waals surface area (Å²) >= 11 is 1.29. The predicted molar refractivity (Wildman–Crippen MR) is 60.8 cm³/mol. The van der Waals surface area contributed by atoms with Crippen molar-refractivity contribution in [2.24, 2.45) is 0 Å². The minimum atomic E-state index is -0.0510. The number of amides is 1. The molecule has 1 fully saturated rings. The van der Waals surface area contributed by atoms with Crippen LogP contribution in [-0.2, 0) is 4.74 Å². The first-order valence-electron chi connectivity index (χ1n) is 5.25. The van der Waals surface area contributed by atoms with Gasteiger partial charge in [-0.25, -0.2) is 0 Å². The van der Waals surface area contributed by atoms with E-state index in [-0.39, 0.29) is 5.91 Å². The van der Waals surface area contributed by atoms with Gasteiger partial charge in [0.25, 0.3) is 5.91 Å². The minimum Gasteiger partial charge on any atom is -0.378 e. The second kappa shape index (κ2) is 5.22. The third-order valence-electron chi connectivity index (χ3n) is 2.23. The van der Waals surface area contributed by atoms with Gasteiger partial charge in [0, 0.05) is 19.6 Å². The van der Waals surface area contributed by atoms with Crippen LogP contribution in [0.15, 0.2) is 0 Å². The molecule has 1 N–H and O–H groups in total. The summed E-state index contributed by atoms with van der Waals surface area (Å²) in [6.45, 7) is 5.23. The molecule has 1 aliphatic heterocycles. The first-order chi connectivity index (χ1) is 7.81. The van der Waals surface area contributed by atoms with Crippen molar-refractivity contribution in [1.29, 1.82) is 0 Å². The first-order valence-corrected chi connectivity index (χ1v) is 6.07. The van der Waals surface area contributed by atoms with Gasteiger partial charge in [-0.15, -0.1) is 10.2 Å². The Bertz CT molecular complexity index is 362. The van der Waals surface area contributed by atoms with Crippen LogP contribution in [0.3, 0.4) is 0 Å². The van der Waals surface area contributed by atoms with E-state index in [0.717, 1.165) is 6.54 Å². The Balaban J connectivity index is 2.01. The molecule has 0 bridgehead atoms. The minimum absolute atomic E-state index is 0.0510. The molecule has 16 heavy (non-hydrogen) atoms. The normalized spacial score (nSPS) is 16.2. The fourth-order valence-corrected chi connectivity index (χ4v) is 2.21. The number of anilines is 1. The Kier molecular flexibility index (Phi) is 3.68. The zero-order chi connectivity index (χ0) is 11.4. The lowest BCUT2D eigenvalue weighted by Crippen LogP contribution is -2.40. The van der Waals surface area contributed by atoms with Crippen molar-refractivity contribution in [3.8, 4) is 0 Å². The molecule has 1 aliphatic rings. The lowest BCUT2D eigenvalue weighted by atomic mass is 10.4. The van der Waals surface area contributed by atoms with E-state index in [9.17, 15) is 4.79 Å². The number of hydrogen-bond donors (Lipinski definition) is 1. The zero-order valence-electron chi connectivity index (χ0n) is 9.10. The van der Waals surface area contributed by atoms with Gasteiger partial charge in [-0.05, 0) is 6.92 Å². The summed E-state index contributed by atoms with van der Waals surface area (Å²) < 4.78 is 5.19. The molecule has 0 radical (unpaired) electrons. The highest BCUT2D eigenvalue weighted by Crippen LogP contribution is 2.17. The van der Waals surface area contributed by atoms with Crippen LogP contribution < -0.4 is 5.32 Å². The van der Waals surface area contributed by atoms with Crippen molar-refractivity contribution in [3.63, 3.8) is 0 Å². The fraction of sp³-hybridized carbons (Fsp3) is 0.667. The van der Waals surface area contributed by atoms with Gasteiger partial charge in [-0.1, -0.05) is 11.3 Å². The van der Waals surface area contributed by atoms with Crippen molar-refractivity contribution >= 4 is 22.4 Å². The van der Waals surface area contributed by atoms with Crippen molar-refractivity contribution in [2.45, 2.75) is 6.92 Å². The highest BCUT2D eigenvalue weighted by Gasteiger charge is 2.21. The number of morpholine rings is 1. The van der Waals surface area contributed by atoms with Crippen LogP contribution in [-0.4, -0.2) is 53.9 Å². The number of rotatable bonds is 3. The molecule has 1 amide bonds. The molecule has 2 heterocycles. The molecule has 0 spiro atoms.